The zero-order chi connectivity index (χ0) is 14.5. The average molecular weight is 301 g/mol. The quantitative estimate of drug-likeness (QED) is 0.524. The number of tetrazole rings is 1. The van der Waals surface area contributed by atoms with Gasteiger partial charge >= 0.3 is 5.97 Å². The summed E-state index contributed by atoms with van der Waals surface area (Å²) in [5.74, 6) is -1.57. The van der Waals surface area contributed by atoms with Crippen molar-refractivity contribution >= 4 is 23.6 Å². The normalized spacial score (nSPS) is 15.8. The summed E-state index contributed by atoms with van der Waals surface area (Å²) >= 11 is 1.16. The van der Waals surface area contributed by atoms with Gasteiger partial charge in [0.25, 0.3) is 0 Å². The molecule has 110 valence electrons. The van der Waals surface area contributed by atoms with E-state index in [2.05, 4.69) is 20.8 Å². The second-order valence-corrected chi connectivity index (χ2v) is 5.34. The number of carbonyl (C=O) groups excluding carboxylic acids is 1. The molecule has 0 saturated heterocycles. The molecule has 9 nitrogen and oxygen atoms in total. The van der Waals surface area contributed by atoms with Crippen molar-refractivity contribution in [1.82, 2.24) is 25.5 Å². The summed E-state index contributed by atoms with van der Waals surface area (Å²) in [4.78, 5) is 22.5. The molecule has 10 heteroatoms. The molecule has 1 saturated carbocycles. The van der Waals surface area contributed by atoms with Gasteiger partial charge in [0.05, 0.1) is 11.8 Å². The van der Waals surface area contributed by atoms with Crippen molar-refractivity contribution in [3.63, 3.8) is 0 Å². The van der Waals surface area contributed by atoms with Gasteiger partial charge < -0.3 is 15.5 Å². The second-order valence-electron chi connectivity index (χ2n) is 4.40. The Bertz CT molecular complexity index is 490. The fourth-order valence-corrected chi connectivity index (χ4v) is 2.34. The Balaban J connectivity index is 1.82. The molecular formula is C10H15N5O4S. The van der Waals surface area contributed by atoms with E-state index in [9.17, 15) is 9.59 Å². The minimum Gasteiger partial charge on any atom is -0.480 e. The lowest BCUT2D eigenvalue weighted by atomic mass is 10.2. The van der Waals surface area contributed by atoms with Crippen LogP contribution >= 0.6 is 11.8 Å². The number of hydrogen-bond donors (Lipinski definition) is 3. The minimum atomic E-state index is -1.17. The Morgan fingerprint density at radius 2 is 2.25 bits per heavy atom. The summed E-state index contributed by atoms with van der Waals surface area (Å²) in [5, 5.41) is 31.7. The minimum absolute atomic E-state index is 0.0223. The highest BCUT2D eigenvalue weighted by molar-refractivity contribution is 7.99. The number of nitrogens with one attached hydrogen (secondary N) is 1. The maximum atomic E-state index is 11.7. The Hall–Kier alpha value is -1.68. The molecule has 1 aromatic rings. The van der Waals surface area contributed by atoms with Crippen LogP contribution in [0.5, 0.6) is 0 Å². The standard InChI is InChI=1S/C10H15N5O4S/c16-4-3-7(9(18)19)11-8(17)5-20-10-12-13-14-15(10)6-1-2-6/h6-7,16H,1-5H2,(H,11,17)(H,18,19). The number of thioether (sulfide) groups is 1. The van der Waals surface area contributed by atoms with Crippen LogP contribution in [0.3, 0.4) is 0 Å². The van der Waals surface area contributed by atoms with Gasteiger partial charge in [-0.2, -0.15) is 0 Å². The van der Waals surface area contributed by atoms with Crippen LogP contribution < -0.4 is 5.32 Å². The first-order chi connectivity index (χ1) is 9.61. The zero-order valence-electron chi connectivity index (χ0n) is 10.6. The van der Waals surface area contributed by atoms with Crippen LogP contribution in [0.15, 0.2) is 5.16 Å². The van der Waals surface area contributed by atoms with Gasteiger partial charge in [0.2, 0.25) is 11.1 Å². The molecule has 1 aliphatic rings. The predicted octanol–water partition coefficient (Wildman–Crippen LogP) is -0.948. The maximum Gasteiger partial charge on any atom is 0.326 e. The smallest absolute Gasteiger partial charge is 0.326 e. The molecule has 0 aromatic carbocycles. The fraction of sp³-hybridized carbons (Fsp3) is 0.700. The summed E-state index contributed by atoms with van der Waals surface area (Å²) in [6.45, 7) is -0.301. The highest BCUT2D eigenvalue weighted by atomic mass is 32.2. The molecule has 1 aromatic heterocycles. The molecule has 1 fully saturated rings. The van der Waals surface area contributed by atoms with Gasteiger partial charge in [-0.15, -0.1) is 5.10 Å². The number of carbonyl (C=O) groups is 2. The van der Waals surface area contributed by atoms with Crippen molar-refractivity contribution < 1.29 is 19.8 Å². The third kappa shape index (κ3) is 3.90. The molecule has 1 unspecified atom stereocenters. The van der Waals surface area contributed by atoms with Crippen LogP contribution in [0.1, 0.15) is 25.3 Å². The monoisotopic (exact) mass is 301 g/mol. The van der Waals surface area contributed by atoms with Crippen molar-refractivity contribution in [1.29, 1.82) is 0 Å². The Morgan fingerprint density at radius 3 is 2.85 bits per heavy atom. The van der Waals surface area contributed by atoms with Gasteiger partial charge in [0.15, 0.2) is 0 Å². The molecule has 20 heavy (non-hydrogen) atoms. The first-order valence-corrected chi connectivity index (χ1v) is 7.14. The largest absolute Gasteiger partial charge is 0.480 e. The number of rotatable bonds is 8. The number of amides is 1. The molecule has 3 N–H and O–H groups in total. The van der Waals surface area contributed by atoms with E-state index in [0.717, 1.165) is 24.6 Å². The first kappa shape index (κ1) is 14.7. The van der Waals surface area contributed by atoms with Crippen molar-refractivity contribution in [3.05, 3.63) is 0 Å². The molecule has 1 amide bonds. The molecule has 0 aliphatic heterocycles. The number of carboxylic acids is 1. The third-order valence-corrected chi connectivity index (χ3v) is 3.67. The molecule has 1 heterocycles. The maximum absolute atomic E-state index is 11.7. The number of aliphatic hydroxyl groups excluding tert-OH is 1. The molecule has 1 atom stereocenters. The number of aromatic nitrogens is 4. The van der Waals surface area contributed by atoms with Gasteiger partial charge in [0, 0.05) is 13.0 Å². The summed E-state index contributed by atoms with van der Waals surface area (Å²) < 4.78 is 1.68. The predicted molar refractivity (Wildman–Crippen MR) is 68.1 cm³/mol. The van der Waals surface area contributed by atoms with Gasteiger partial charge in [-0.05, 0) is 23.3 Å². The van der Waals surface area contributed by atoms with Crippen LogP contribution in [-0.2, 0) is 9.59 Å². The van der Waals surface area contributed by atoms with E-state index in [0.29, 0.717) is 11.2 Å². The SMILES string of the molecule is O=C(CSc1nnnn1C1CC1)NC(CCO)C(=O)O. The molecular weight excluding hydrogens is 286 g/mol. The lowest BCUT2D eigenvalue weighted by Crippen LogP contribution is -2.42. The Labute approximate surface area is 118 Å². The third-order valence-electron chi connectivity index (χ3n) is 2.74. The fourth-order valence-electron chi connectivity index (χ4n) is 1.58. The van der Waals surface area contributed by atoms with E-state index in [-0.39, 0.29) is 18.8 Å². The van der Waals surface area contributed by atoms with Crippen molar-refractivity contribution in [2.24, 2.45) is 0 Å². The summed E-state index contributed by atoms with van der Waals surface area (Å²) in [7, 11) is 0. The number of aliphatic hydroxyl groups is 1. The lowest BCUT2D eigenvalue weighted by Gasteiger charge is -2.12. The number of nitrogens with zero attached hydrogens (tertiary/aromatic N) is 4. The summed E-state index contributed by atoms with van der Waals surface area (Å²) in [6, 6.07) is -0.760. The van der Waals surface area contributed by atoms with E-state index >= 15 is 0 Å². The Morgan fingerprint density at radius 1 is 1.50 bits per heavy atom. The summed E-state index contributed by atoms with van der Waals surface area (Å²) in [6.07, 6.45) is 2.04. The van der Waals surface area contributed by atoms with Crippen LogP contribution in [0.2, 0.25) is 0 Å². The van der Waals surface area contributed by atoms with E-state index in [1.807, 2.05) is 0 Å². The first-order valence-electron chi connectivity index (χ1n) is 6.15. The second kappa shape index (κ2) is 6.66. The molecule has 1 aliphatic carbocycles. The average Bonchev–Trinajstić information content (AvgIpc) is 3.14. The van der Waals surface area contributed by atoms with Gasteiger partial charge in [-0.25, -0.2) is 9.48 Å². The van der Waals surface area contributed by atoms with E-state index in [4.69, 9.17) is 10.2 Å². The number of hydrogen-bond acceptors (Lipinski definition) is 7. The van der Waals surface area contributed by atoms with Gasteiger partial charge in [-0.3, -0.25) is 4.79 Å². The van der Waals surface area contributed by atoms with E-state index in [1.54, 1.807) is 4.68 Å². The van der Waals surface area contributed by atoms with Gasteiger partial charge in [0.1, 0.15) is 6.04 Å². The van der Waals surface area contributed by atoms with Crippen molar-refractivity contribution in [2.45, 2.75) is 36.5 Å². The molecule has 0 bridgehead atoms. The molecule has 0 spiro atoms. The highest BCUT2D eigenvalue weighted by Crippen LogP contribution is 2.36. The van der Waals surface area contributed by atoms with E-state index in [1.165, 1.54) is 0 Å². The topological polar surface area (TPSA) is 130 Å². The van der Waals surface area contributed by atoms with Gasteiger partial charge in [-0.1, -0.05) is 11.8 Å². The Kier molecular flexibility index (Phi) is 4.90. The number of carboxylic acid groups (broad SMARTS) is 1. The van der Waals surface area contributed by atoms with Crippen molar-refractivity contribution in [3.8, 4) is 0 Å². The number of aliphatic carboxylic acids is 1. The lowest BCUT2D eigenvalue weighted by molar-refractivity contribution is -0.141. The van der Waals surface area contributed by atoms with Crippen LogP contribution in [0.25, 0.3) is 0 Å². The van der Waals surface area contributed by atoms with Crippen LogP contribution in [0, 0.1) is 0 Å². The van der Waals surface area contributed by atoms with Crippen molar-refractivity contribution in [2.75, 3.05) is 12.4 Å². The van der Waals surface area contributed by atoms with Crippen LogP contribution in [-0.4, -0.2) is 60.7 Å². The summed E-state index contributed by atoms with van der Waals surface area (Å²) in [5.41, 5.74) is 0. The zero-order valence-corrected chi connectivity index (χ0v) is 11.4. The molecule has 2 rings (SSSR count). The van der Waals surface area contributed by atoms with E-state index < -0.39 is 17.9 Å². The highest BCUT2D eigenvalue weighted by Gasteiger charge is 2.28. The van der Waals surface area contributed by atoms with Crippen LogP contribution in [0.4, 0.5) is 0 Å². The molecule has 0 radical (unpaired) electrons.